The molecule has 23 heavy (non-hydrogen) atoms. The molecule has 3 rings (SSSR count). The smallest absolute Gasteiger partial charge is 0.196 e. The van der Waals surface area contributed by atoms with Gasteiger partial charge in [-0.05, 0) is 17.0 Å². The molecule has 3 aromatic rings. The highest BCUT2D eigenvalue weighted by molar-refractivity contribution is 7.15. The van der Waals surface area contributed by atoms with Crippen LogP contribution in [0.3, 0.4) is 0 Å². The highest BCUT2D eigenvalue weighted by atomic mass is 32.1. The van der Waals surface area contributed by atoms with E-state index in [9.17, 15) is 4.79 Å². The maximum absolute atomic E-state index is 12.9. The third kappa shape index (κ3) is 3.06. The highest BCUT2D eigenvalue weighted by Crippen LogP contribution is 2.35. The van der Waals surface area contributed by atoms with Crippen LogP contribution in [0.5, 0.6) is 0 Å². The molecule has 0 saturated carbocycles. The maximum Gasteiger partial charge on any atom is 0.196 e. The van der Waals surface area contributed by atoms with Gasteiger partial charge in [-0.15, -0.1) is 11.3 Å². The number of benzene rings is 2. The summed E-state index contributed by atoms with van der Waals surface area (Å²) < 4.78 is 0. The molecule has 2 nitrogen and oxygen atoms in total. The second-order valence-corrected chi connectivity index (χ2v) is 6.77. The predicted octanol–water partition coefficient (Wildman–Crippen LogP) is 5.35. The van der Waals surface area contributed by atoms with Gasteiger partial charge in [-0.1, -0.05) is 68.4 Å². The van der Waals surface area contributed by atoms with Crippen LogP contribution >= 0.6 is 11.3 Å². The molecule has 1 heterocycles. The molecule has 1 aromatic heterocycles. The Balaban J connectivity index is 2.02. The second kappa shape index (κ2) is 6.39. The largest absolute Gasteiger partial charge is 0.390 e. The molecule has 2 N–H and O–H groups in total. The fourth-order valence-corrected chi connectivity index (χ4v) is 3.42. The van der Waals surface area contributed by atoms with Gasteiger partial charge in [0.1, 0.15) is 0 Å². The van der Waals surface area contributed by atoms with Crippen molar-refractivity contribution in [1.82, 2.24) is 0 Å². The van der Waals surface area contributed by atoms with Crippen molar-refractivity contribution >= 4 is 22.1 Å². The van der Waals surface area contributed by atoms with Gasteiger partial charge in [0, 0.05) is 16.5 Å². The van der Waals surface area contributed by atoms with Gasteiger partial charge in [0.05, 0.1) is 10.6 Å². The van der Waals surface area contributed by atoms with Crippen molar-refractivity contribution in [1.29, 1.82) is 0 Å². The summed E-state index contributed by atoms with van der Waals surface area (Å²) in [7, 11) is 0. The number of hydrogen-bond acceptors (Lipinski definition) is 3. The molecule has 0 unspecified atom stereocenters. The summed E-state index contributed by atoms with van der Waals surface area (Å²) in [6, 6.07) is 17.7. The molecule has 116 valence electrons. The lowest BCUT2D eigenvalue weighted by Gasteiger charge is -2.08. The van der Waals surface area contributed by atoms with E-state index in [0.717, 1.165) is 11.1 Å². The summed E-state index contributed by atoms with van der Waals surface area (Å²) in [5.74, 6) is 0.433. The van der Waals surface area contributed by atoms with Gasteiger partial charge < -0.3 is 5.73 Å². The van der Waals surface area contributed by atoms with E-state index in [1.54, 1.807) is 0 Å². The van der Waals surface area contributed by atoms with E-state index >= 15 is 0 Å². The van der Waals surface area contributed by atoms with Gasteiger partial charge in [-0.2, -0.15) is 0 Å². The van der Waals surface area contributed by atoms with Crippen LogP contribution in [0, 0.1) is 0 Å². The Bertz CT molecular complexity index is 817. The Hall–Kier alpha value is -2.39. The maximum atomic E-state index is 12.9. The molecule has 0 atom stereocenters. The summed E-state index contributed by atoms with van der Waals surface area (Å²) >= 11 is 1.41. The average molecular weight is 321 g/mol. The first-order valence-electron chi connectivity index (χ1n) is 7.65. The second-order valence-electron chi connectivity index (χ2n) is 5.86. The number of nitrogens with two attached hydrogens (primary N) is 1. The number of carbonyl (C=O) groups excluding carboxylic acids is 1. The molecule has 0 fully saturated rings. The standard InChI is InChI=1S/C20H19NOS/c1-13(2)14-8-10-16(11-9-14)19(22)18-17(12-23-20(18)21)15-6-4-3-5-7-15/h3-13H,21H2,1-2H3. The highest BCUT2D eigenvalue weighted by Gasteiger charge is 2.20. The van der Waals surface area contributed by atoms with Crippen molar-refractivity contribution in [2.75, 3.05) is 5.73 Å². The van der Waals surface area contributed by atoms with Crippen molar-refractivity contribution in [3.63, 3.8) is 0 Å². The molecule has 0 radical (unpaired) electrons. The fourth-order valence-electron chi connectivity index (χ4n) is 2.60. The van der Waals surface area contributed by atoms with E-state index in [2.05, 4.69) is 13.8 Å². The monoisotopic (exact) mass is 321 g/mol. The van der Waals surface area contributed by atoms with Crippen LogP contribution in [0.25, 0.3) is 11.1 Å². The van der Waals surface area contributed by atoms with Crippen molar-refractivity contribution in [2.24, 2.45) is 0 Å². The van der Waals surface area contributed by atoms with Crippen LogP contribution in [-0.2, 0) is 0 Å². The first-order chi connectivity index (χ1) is 11.1. The van der Waals surface area contributed by atoms with Crippen LogP contribution in [-0.4, -0.2) is 5.78 Å². The number of rotatable bonds is 4. The van der Waals surface area contributed by atoms with E-state index in [1.807, 2.05) is 60.0 Å². The zero-order valence-electron chi connectivity index (χ0n) is 13.2. The lowest BCUT2D eigenvalue weighted by Crippen LogP contribution is -2.05. The van der Waals surface area contributed by atoms with E-state index < -0.39 is 0 Å². The third-order valence-electron chi connectivity index (χ3n) is 3.97. The van der Waals surface area contributed by atoms with Crippen molar-refractivity contribution < 1.29 is 4.79 Å². The van der Waals surface area contributed by atoms with Crippen LogP contribution in [0.15, 0.2) is 60.0 Å². The summed E-state index contributed by atoms with van der Waals surface area (Å²) in [6.07, 6.45) is 0. The SMILES string of the molecule is CC(C)c1ccc(C(=O)c2c(-c3ccccc3)csc2N)cc1. The van der Waals surface area contributed by atoms with E-state index in [0.29, 0.717) is 22.0 Å². The summed E-state index contributed by atoms with van der Waals surface area (Å²) in [5, 5.41) is 2.53. The summed E-state index contributed by atoms with van der Waals surface area (Å²) in [4.78, 5) is 12.9. The van der Waals surface area contributed by atoms with Crippen molar-refractivity contribution in [3.05, 3.63) is 76.7 Å². The van der Waals surface area contributed by atoms with Crippen molar-refractivity contribution in [3.8, 4) is 11.1 Å². The molecular formula is C20H19NOS. The molecule has 0 bridgehead atoms. The molecule has 0 aliphatic carbocycles. The third-order valence-corrected chi connectivity index (χ3v) is 4.78. The Labute approximate surface area is 140 Å². The number of hydrogen-bond donors (Lipinski definition) is 1. The van der Waals surface area contributed by atoms with Gasteiger partial charge in [0.2, 0.25) is 0 Å². The Morgan fingerprint density at radius 3 is 2.26 bits per heavy atom. The van der Waals surface area contributed by atoms with Gasteiger partial charge in [-0.3, -0.25) is 4.79 Å². The normalized spacial score (nSPS) is 10.9. The summed E-state index contributed by atoms with van der Waals surface area (Å²) in [6.45, 7) is 4.28. The molecule has 0 spiro atoms. The van der Waals surface area contributed by atoms with Crippen LogP contribution in [0.4, 0.5) is 5.00 Å². The Morgan fingerprint density at radius 1 is 1.00 bits per heavy atom. The average Bonchev–Trinajstić information content (AvgIpc) is 2.96. The summed E-state index contributed by atoms with van der Waals surface area (Å²) in [5.41, 5.74) is 10.5. The number of thiophene rings is 1. The van der Waals surface area contributed by atoms with Gasteiger partial charge in [0.25, 0.3) is 0 Å². The number of nitrogen functional groups attached to an aromatic ring is 1. The van der Waals surface area contributed by atoms with Gasteiger partial charge >= 0.3 is 0 Å². The van der Waals surface area contributed by atoms with Crippen molar-refractivity contribution in [2.45, 2.75) is 19.8 Å². The quantitative estimate of drug-likeness (QED) is 0.658. The van der Waals surface area contributed by atoms with Gasteiger partial charge in [0.15, 0.2) is 5.78 Å². The molecule has 0 amide bonds. The minimum Gasteiger partial charge on any atom is -0.390 e. The Kier molecular flexibility index (Phi) is 4.30. The number of anilines is 1. The molecular weight excluding hydrogens is 302 g/mol. The zero-order chi connectivity index (χ0) is 16.4. The van der Waals surface area contributed by atoms with Crippen LogP contribution in [0.2, 0.25) is 0 Å². The first-order valence-corrected chi connectivity index (χ1v) is 8.53. The molecule has 0 saturated heterocycles. The molecule has 0 aliphatic heterocycles. The van der Waals surface area contributed by atoms with Crippen LogP contribution in [0.1, 0.15) is 41.3 Å². The number of carbonyl (C=O) groups is 1. The number of ketones is 1. The minimum absolute atomic E-state index is 0.0158. The zero-order valence-corrected chi connectivity index (χ0v) is 14.1. The van der Waals surface area contributed by atoms with E-state index in [1.165, 1.54) is 16.9 Å². The molecule has 0 aliphatic rings. The minimum atomic E-state index is -0.0158. The first kappa shape index (κ1) is 15.5. The van der Waals surface area contributed by atoms with Gasteiger partial charge in [-0.25, -0.2) is 0 Å². The van der Waals surface area contributed by atoms with E-state index in [4.69, 9.17) is 5.73 Å². The lowest BCUT2D eigenvalue weighted by atomic mass is 9.95. The topological polar surface area (TPSA) is 43.1 Å². The Morgan fingerprint density at radius 2 is 1.65 bits per heavy atom. The van der Waals surface area contributed by atoms with E-state index in [-0.39, 0.29) is 5.78 Å². The fraction of sp³-hybridized carbons (Fsp3) is 0.150. The van der Waals surface area contributed by atoms with Crippen LogP contribution < -0.4 is 5.73 Å². The lowest BCUT2D eigenvalue weighted by molar-refractivity contribution is 0.104. The predicted molar refractivity (Wildman–Crippen MR) is 98.1 cm³/mol. The molecule has 3 heteroatoms. The molecule has 2 aromatic carbocycles.